The van der Waals surface area contributed by atoms with Gasteiger partial charge in [0, 0.05) is 10.8 Å². The molecule has 0 heterocycles. The van der Waals surface area contributed by atoms with Crippen LogP contribution in [0, 0.1) is 35.5 Å². The van der Waals surface area contributed by atoms with Crippen LogP contribution in [0.5, 0.6) is 0 Å². The highest BCUT2D eigenvalue weighted by Crippen LogP contribution is 2.90. The molecule has 4 atom stereocenters. The van der Waals surface area contributed by atoms with E-state index in [2.05, 4.69) is 24.3 Å². The van der Waals surface area contributed by atoms with Crippen molar-refractivity contribution in [3.05, 3.63) is 35.4 Å². The summed E-state index contributed by atoms with van der Waals surface area (Å²) in [5.41, 5.74) is 4.97. The number of rotatable bonds is 2. The average molecular weight is 262 g/mol. The van der Waals surface area contributed by atoms with Crippen LogP contribution in [0.1, 0.15) is 49.7 Å². The van der Waals surface area contributed by atoms with Crippen LogP contribution in [0.4, 0.5) is 0 Å². The van der Waals surface area contributed by atoms with E-state index in [1.165, 1.54) is 38.5 Å². The number of hydrogen-bond donors (Lipinski definition) is 0. The Morgan fingerprint density at radius 1 is 0.700 bits per heavy atom. The van der Waals surface area contributed by atoms with Crippen molar-refractivity contribution in [2.24, 2.45) is 35.5 Å². The molecule has 0 saturated heterocycles. The fourth-order valence-corrected chi connectivity index (χ4v) is 8.01. The Bertz CT molecular complexity index is 559. The summed E-state index contributed by atoms with van der Waals surface area (Å²) in [4.78, 5) is 0. The third-order valence-corrected chi connectivity index (χ3v) is 8.78. The Hall–Kier alpha value is -0.780. The molecule has 0 heteroatoms. The Balaban J connectivity index is 1.31. The van der Waals surface area contributed by atoms with E-state index in [0.29, 0.717) is 0 Å². The molecule has 102 valence electrons. The van der Waals surface area contributed by atoms with Gasteiger partial charge in [0.2, 0.25) is 0 Å². The second-order valence-corrected chi connectivity index (χ2v) is 8.79. The van der Waals surface area contributed by atoms with Gasteiger partial charge in [0.15, 0.2) is 0 Å². The minimum atomic E-state index is 0.722. The second kappa shape index (κ2) is 2.64. The van der Waals surface area contributed by atoms with Crippen LogP contribution in [-0.2, 0) is 10.8 Å². The van der Waals surface area contributed by atoms with Gasteiger partial charge in [0.05, 0.1) is 0 Å². The maximum Gasteiger partial charge on any atom is 0.00498 e. The van der Waals surface area contributed by atoms with E-state index in [1.807, 2.05) is 0 Å². The Labute approximate surface area is 121 Å². The highest BCUT2D eigenvalue weighted by Gasteiger charge is 2.88. The van der Waals surface area contributed by atoms with Crippen molar-refractivity contribution < 1.29 is 0 Å². The molecule has 1 aromatic carbocycles. The molecule has 0 nitrogen and oxygen atoms in total. The van der Waals surface area contributed by atoms with E-state index >= 15 is 0 Å². The molecule has 0 amide bonds. The number of fused-ring (bicyclic) bond motifs is 4. The molecule has 20 heavy (non-hydrogen) atoms. The lowest BCUT2D eigenvalue weighted by Crippen LogP contribution is -2.20. The van der Waals surface area contributed by atoms with Gasteiger partial charge in [-0.15, -0.1) is 0 Å². The van der Waals surface area contributed by atoms with Crippen molar-refractivity contribution in [2.45, 2.75) is 49.4 Å². The third kappa shape index (κ3) is 0.760. The van der Waals surface area contributed by atoms with Gasteiger partial charge in [0.1, 0.15) is 0 Å². The fraction of sp³-hybridized carbons (Fsp3) is 0.700. The summed E-state index contributed by atoms with van der Waals surface area (Å²) in [5.74, 6) is 6.64. The van der Waals surface area contributed by atoms with Gasteiger partial charge in [-0.25, -0.2) is 0 Å². The zero-order valence-electron chi connectivity index (χ0n) is 12.0. The van der Waals surface area contributed by atoms with Gasteiger partial charge >= 0.3 is 0 Å². The Kier molecular flexibility index (Phi) is 1.33. The molecular weight excluding hydrogens is 240 g/mol. The Morgan fingerprint density at radius 2 is 1.15 bits per heavy atom. The summed E-state index contributed by atoms with van der Waals surface area (Å²) in [7, 11) is 0. The molecule has 0 radical (unpaired) electrons. The van der Waals surface area contributed by atoms with Crippen LogP contribution >= 0.6 is 0 Å². The third-order valence-electron chi connectivity index (χ3n) is 8.78. The summed E-state index contributed by atoms with van der Waals surface area (Å²) in [5, 5.41) is 0. The fourth-order valence-electron chi connectivity index (χ4n) is 8.01. The van der Waals surface area contributed by atoms with Crippen molar-refractivity contribution in [2.75, 3.05) is 0 Å². The van der Waals surface area contributed by atoms with Crippen molar-refractivity contribution in [3.63, 3.8) is 0 Å². The van der Waals surface area contributed by atoms with Crippen LogP contribution in [0.25, 0.3) is 0 Å². The minimum Gasteiger partial charge on any atom is -0.0617 e. The van der Waals surface area contributed by atoms with E-state index in [-0.39, 0.29) is 0 Å². The SMILES string of the molecule is c1cc(C23C4CCCC2C43)cc(C23C4CCCC2C43)c1. The van der Waals surface area contributed by atoms with Crippen LogP contribution < -0.4 is 0 Å². The summed E-state index contributed by atoms with van der Waals surface area (Å²) in [6.07, 6.45) is 9.16. The monoisotopic (exact) mass is 262 g/mol. The highest BCUT2D eigenvalue weighted by molar-refractivity contribution is 5.57. The predicted molar refractivity (Wildman–Crippen MR) is 78.4 cm³/mol. The highest BCUT2D eigenvalue weighted by atomic mass is 14.9. The molecule has 0 N–H and O–H groups in total. The average Bonchev–Trinajstić information content (AvgIpc) is 3.43. The predicted octanol–water partition coefficient (Wildman–Crippen LogP) is 4.28. The van der Waals surface area contributed by atoms with E-state index in [1.54, 1.807) is 11.1 Å². The van der Waals surface area contributed by atoms with Crippen molar-refractivity contribution in [3.8, 4) is 0 Å². The molecule has 7 rings (SSSR count). The summed E-state index contributed by atoms with van der Waals surface area (Å²) >= 11 is 0. The molecule has 0 aromatic heterocycles. The first kappa shape index (κ1) is 10.0. The number of hydrogen-bond acceptors (Lipinski definition) is 0. The first-order valence-electron chi connectivity index (χ1n) is 9.02. The Morgan fingerprint density at radius 3 is 1.55 bits per heavy atom. The van der Waals surface area contributed by atoms with Crippen LogP contribution in [0.2, 0.25) is 0 Å². The normalized spacial score (nSPS) is 62.2. The van der Waals surface area contributed by atoms with Crippen LogP contribution in [0.3, 0.4) is 0 Å². The van der Waals surface area contributed by atoms with Crippen molar-refractivity contribution in [1.82, 2.24) is 0 Å². The quantitative estimate of drug-likeness (QED) is 0.746. The lowest BCUT2D eigenvalue weighted by Gasteiger charge is -2.27. The largest absolute Gasteiger partial charge is 0.0617 e. The van der Waals surface area contributed by atoms with Crippen molar-refractivity contribution in [1.29, 1.82) is 0 Å². The molecule has 0 spiro atoms. The lowest BCUT2D eigenvalue weighted by atomic mass is 9.77. The molecule has 6 saturated carbocycles. The summed E-state index contributed by atoms with van der Waals surface area (Å²) in [6, 6.07) is 10.1. The molecule has 0 bridgehead atoms. The van der Waals surface area contributed by atoms with Gasteiger partial charge in [-0.2, -0.15) is 0 Å². The van der Waals surface area contributed by atoms with Gasteiger partial charge in [0.25, 0.3) is 0 Å². The zero-order chi connectivity index (χ0) is 12.7. The first-order chi connectivity index (χ1) is 9.91. The van der Waals surface area contributed by atoms with E-state index in [0.717, 1.165) is 46.3 Å². The van der Waals surface area contributed by atoms with E-state index < -0.39 is 0 Å². The molecule has 6 aliphatic rings. The maximum atomic E-state index is 2.69. The van der Waals surface area contributed by atoms with E-state index in [4.69, 9.17) is 0 Å². The molecule has 4 unspecified atom stereocenters. The van der Waals surface area contributed by atoms with E-state index in [9.17, 15) is 0 Å². The first-order valence-corrected chi connectivity index (χ1v) is 9.02. The minimum absolute atomic E-state index is 0.722. The zero-order valence-corrected chi connectivity index (χ0v) is 12.0. The smallest absolute Gasteiger partial charge is 0.00498 e. The molecular formula is C20H22. The van der Waals surface area contributed by atoms with Gasteiger partial charge in [-0.3, -0.25) is 0 Å². The molecule has 6 aliphatic carbocycles. The topological polar surface area (TPSA) is 0 Å². The van der Waals surface area contributed by atoms with Crippen LogP contribution in [0.15, 0.2) is 24.3 Å². The molecule has 1 aromatic rings. The maximum absolute atomic E-state index is 2.69. The summed E-state index contributed by atoms with van der Waals surface area (Å²) < 4.78 is 0. The van der Waals surface area contributed by atoms with Gasteiger partial charge < -0.3 is 0 Å². The van der Waals surface area contributed by atoms with Crippen LogP contribution in [-0.4, -0.2) is 0 Å². The number of benzene rings is 1. The second-order valence-electron chi connectivity index (χ2n) is 8.79. The van der Waals surface area contributed by atoms with Crippen molar-refractivity contribution >= 4 is 0 Å². The van der Waals surface area contributed by atoms with Gasteiger partial charge in [-0.05, 0) is 72.3 Å². The van der Waals surface area contributed by atoms with Gasteiger partial charge in [-0.1, -0.05) is 37.1 Å². The summed E-state index contributed by atoms with van der Waals surface area (Å²) in [6.45, 7) is 0. The molecule has 6 fully saturated rings. The molecule has 0 aliphatic heterocycles. The standard InChI is InChI=1S/C20H22/c1-4-11(19-13-6-2-7-14(19)17(13)19)10-12(5-1)20-15-8-3-9-16(20)18(15)20/h1,4-5,10,13-18H,2-3,6-9H2. The lowest BCUT2D eigenvalue weighted by molar-refractivity contribution is 0.311.